The molecule has 0 aliphatic heterocycles. The zero-order valence-electron chi connectivity index (χ0n) is 12.6. The maximum absolute atomic E-state index is 10.9. The molecule has 0 aliphatic carbocycles. The van der Waals surface area contributed by atoms with E-state index >= 15 is 0 Å². The lowest BCUT2D eigenvalue weighted by molar-refractivity contribution is -0.139. The third-order valence-electron chi connectivity index (χ3n) is 3.25. The standard InChI is InChI=1S/C15H21BrO5/c1-15(2,8-12(18)19)7-10(17)9-5-6-11(20-3)13(16)14(9)21-4/h5-6,10,17H,7-8H2,1-4H3,(H,18,19). The molecule has 6 heteroatoms. The molecule has 118 valence electrons. The highest BCUT2D eigenvalue weighted by Gasteiger charge is 2.28. The predicted octanol–water partition coefficient (Wildman–Crippen LogP) is 3.39. The summed E-state index contributed by atoms with van der Waals surface area (Å²) in [6, 6.07) is 3.46. The van der Waals surface area contributed by atoms with Gasteiger partial charge in [-0.05, 0) is 39.9 Å². The fourth-order valence-electron chi connectivity index (χ4n) is 2.30. The van der Waals surface area contributed by atoms with E-state index in [0.717, 1.165) is 0 Å². The molecule has 0 radical (unpaired) electrons. The van der Waals surface area contributed by atoms with Gasteiger partial charge in [0.05, 0.1) is 26.7 Å². The molecule has 0 saturated carbocycles. The van der Waals surface area contributed by atoms with Crippen LogP contribution in [-0.2, 0) is 4.79 Å². The van der Waals surface area contributed by atoms with E-state index in [1.54, 1.807) is 19.2 Å². The number of ether oxygens (including phenoxy) is 2. The Bertz CT molecular complexity index is 513. The molecule has 0 saturated heterocycles. The molecular weight excluding hydrogens is 340 g/mol. The van der Waals surface area contributed by atoms with Crippen LogP contribution in [0.1, 0.15) is 38.4 Å². The lowest BCUT2D eigenvalue weighted by Crippen LogP contribution is -2.20. The molecule has 1 aromatic carbocycles. The van der Waals surface area contributed by atoms with E-state index in [2.05, 4.69) is 15.9 Å². The van der Waals surface area contributed by atoms with Crippen molar-refractivity contribution in [2.24, 2.45) is 5.41 Å². The average molecular weight is 361 g/mol. The van der Waals surface area contributed by atoms with Gasteiger partial charge < -0.3 is 19.7 Å². The van der Waals surface area contributed by atoms with E-state index in [1.807, 2.05) is 13.8 Å². The monoisotopic (exact) mass is 360 g/mol. The minimum Gasteiger partial charge on any atom is -0.495 e. The van der Waals surface area contributed by atoms with Gasteiger partial charge in [0.15, 0.2) is 0 Å². The second-order valence-corrected chi connectivity index (χ2v) is 6.45. The Morgan fingerprint density at radius 2 is 1.95 bits per heavy atom. The number of rotatable bonds is 7. The Balaban J connectivity index is 3.05. The first kappa shape index (κ1) is 17.8. The number of hydrogen-bond donors (Lipinski definition) is 2. The highest BCUT2D eigenvalue weighted by molar-refractivity contribution is 9.10. The number of methoxy groups -OCH3 is 2. The molecular formula is C15H21BrO5. The van der Waals surface area contributed by atoms with Gasteiger partial charge in [-0.3, -0.25) is 4.79 Å². The number of aliphatic carboxylic acids is 1. The van der Waals surface area contributed by atoms with Crippen LogP contribution in [0, 0.1) is 5.41 Å². The third kappa shape index (κ3) is 4.61. The van der Waals surface area contributed by atoms with Gasteiger partial charge in [0.1, 0.15) is 16.0 Å². The van der Waals surface area contributed by atoms with Crippen molar-refractivity contribution in [1.29, 1.82) is 0 Å². The van der Waals surface area contributed by atoms with Crippen molar-refractivity contribution < 1.29 is 24.5 Å². The van der Waals surface area contributed by atoms with Crippen molar-refractivity contribution in [1.82, 2.24) is 0 Å². The van der Waals surface area contributed by atoms with Crippen LogP contribution in [0.15, 0.2) is 16.6 Å². The molecule has 0 fully saturated rings. The summed E-state index contributed by atoms with van der Waals surface area (Å²) in [5.74, 6) is 0.218. The van der Waals surface area contributed by atoms with Crippen molar-refractivity contribution in [2.75, 3.05) is 14.2 Å². The Hall–Kier alpha value is -1.27. The van der Waals surface area contributed by atoms with Crippen LogP contribution in [0.4, 0.5) is 0 Å². The summed E-state index contributed by atoms with van der Waals surface area (Å²) in [5, 5.41) is 19.3. The molecule has 1 unspecified atom stereocenters. The summed E-state index contributed by atoms with van der Waals surface area (Å²) < 4.78 is 11.1. The first-order chi connectivity index (χ1) is 9.71. The summed E-state index contributed by atoms with van der Waals surface area (Å²) in [7, 11) is 3.06. The molecule has 0 spiro atoms. The molecule has 21 heavy (non-hydrogen) atoms. The van der Waals surface area contributed by atoms with Crippen molar-refractivity contribution in [3.05, 3.63) is 22.2 Å². The van der Waals surface area contributed by atoms with Crippen molar-refractivity contribution in [3.63, 3.8) is 0 Å². The molecule has 1 aromatic rings. The van der Waals surface area contributed by atoms with E-state index < -0.39 is 17.5 Å². The molecule has 0 bridgehead atoms. The van der Waals surface area contributed by atoms with Crippen LogP contribution in [0.5, 0.6) is 11.5 Å². The zero-order valence-corrected chi connectivity index (χ0v) is 14.2. The van der Waals surface area contributed by atoms with Crippen LogP contribution in [0.3, 0.4) is 0 Å². The smallest absolute Gasteiger partial charge is 0.303 e. The van der Waals surface area contributed by atoms with E-state index in [0.29, 0.717) is 28.0 Å². The molecule has 2 N–H and O–H groups in total. The number of carboxylic acid groups (broad SMARTS) is 1. The van der Waals surface area contributed by atoms with Gasteiger partial charge in [-0.1, -0.05) is 13.8 Å². The van der Waals surface area contributed by atoms with Crippen LogP contribution in [0.25, 0.3) is 0 Å². The Morgan fingerprint density at radius 3 is 2.43 bits per heavy atom. The second kappa shape index (κ2) is 7.13. The molecule has 0 aromatic heterocycles. The average Bonchev–Trinajstić information content (AvgIpc) is 2.35. The zero-order chi connectivity index (χ0) is 16.2. The van der Waals surface area contributed by atoms with Crippen LogP contribution < -0.4 is 9.47 Å². The first-order valence-corrected chi connectivity index (χ1v) is 7.31. The molecule has 0 amide bonds. The highest BCUT2D eigenvalue weighted by Crippen LogP contribution is 2.42. The van der Waals surface area contributed by atoms with Gasteiger partial charge >= 0.3 is 5.97 Å². The third-order valence-corrected chi connectivity index (χ3v) is 4.00. The fourth-order valence-corrected chi connectivity index (χ4v) is 2.98. The number of hydrogen-bond acceptors (Lipinski definition) is 4. The lowest BCUT2D eigenvalue weighted by atomic mass is 9.81. The topological polar surface area (TPSA) is 76.0 Å². The molecule has 1 atom stereocenters. The number of carbonyl (C=O) groups is 1. The van der Waals surface area contributed by atoms with Gasteiger partial charge in [-0.15, -0.1) is 0 Å². The van der Waals surface area contributed by atoms with Gasteiger partial charge in [0, 0.05) is 5.56 Å². The van der Waals surface area contributed by atoms with Gasteiger partial charge in [0.2, 0.25) is 0 Å². The molecule has 5 nitrogen and oxygen atoms in total. The van der Waals surface area contributed by atoms with Crippen LogP contribution in [-0.4, -0.2) is 30.4 Å². The minimum atomic E-state index is -0.880. The molecule has 0 aliphatic rings. The van der Waals surface area contributed by atoms with Gasteiger partial charge in [-0.25, -0.2) is 0 Å². The number of benzene rings is 1. The number of halogens is 1. The minimum absolute atomic E-state index is 0.0102. The second-order valence-electron chi connectivity index (χ2n) is 5.66. The number of aliphatic hydroxyl groups excluding tert-OH is 1. The van der Waals surface area contributed by atoms with E-state index in [1.165, 1.54) is 7.11 Å². The largest absolute Gasteiger partial charge is 0.495 e. The van der Waals surface area contributed by atoms with Crippen molar-refractivity contribution in [2.45, 2.75) is 32.8 Å². The SMILES string of the molecule is COc1ccc(C(O)CC(C)(C)CC(=O)O)c(OC)c1Br. The fraction of sp³-hybridized carbons (Fsp3) is 0.533. The Morgan fingerprint density at radius 1 is 1.33 bits per heavy atom. The van der Waals surface area contributed by atoms with E-state index in [9.17, 15) is 9.90 Å². The highest BCUT2D eigenvalue weighted by atomic mass is 79.9. The first-order valence-electron chi connectivity index (χ1n) is 6.52. The Labute approximate surface area is 133 Å². The quantitative estimate of drug-likeness (QED) is 0.779. The molecule has 0 heterocycles. The van der Waals surface area contributed by atoms with E-state index in [4.69, 9.17) is 14.6 Å². The summed E-state index contributed by atoms with van der Waals surface area (Å²) in [5.41, 5.74) is 0.0755. The summed E-state index contributed by atoms with van der Waals surface area (Å²) >= 11 is 3.39. The normalized spacial score (nSPS) is 12.9. The Kier molecular flexibility index (Phi) is 6.04. The van der Waals surface area contributed by atoms with Gasteiger partial charge in [0.25, 0.3) is 0 Å². The summed E-state index contributed by atoms with van der Waals surface area (Å²) in [6.45, 7) is 3.63. The summed E-state index contributed by atoms with van der Waals surface area (Å²) in [6.07, 6.45) is -0.519. The molecule has 1 rings (SSSR count). The predicted molar refractivity (Wildman–Crippen MR) is 82.9 cm³/mol. The van der Waals surface area contributed by atoms with Crippen molar-refractivity contribution in [3.8, 4) is 11.5 Å². The van der Waals surface area contributed by atoms with Crippen LogP contribution in [0.2, 0.25) is 0 Å². The van der Waals surface area contributed by atoms with Gasteiger partial charge in [-0.2, -0.15) is 0 Å². The number of aliphatic hydroxyl groups is 1. The van der Waals surface area contributed by atoms with Crippen molar-refractivity contribution >= 4 is 21.9 Å². The number of carboxylic acids is 1. The van der Waals surface area contributed by atoms with E-state index in [-0.39, 0.29) is 6.42 Å². The summed E-state index contributed by atoms with van der Waals surface area (Å²) in [4.78, 5) is 10.9. The van der Waals surface area contributed by atoms with Crippen LogP contribution >= 0.6 is 15.9 Å². The lowest BCUT2D eigenvalue weighted by Gasteiger charge is -2.27. The maximum atomic E-state index is 10.9. The maximum Gasteiger partial charge on any atom is 0.303 e.